The van der Waals surface area contributed by atoms with Gasteiger partial charge in [-0.1, -0.05) is 29.3 Å². The van der Waals surface area contributed by atoms with E-state index in [-0.39, 0.29) is 12.6 Å². The molecule has 118 valence electrons. The van der Waals surface area contributed by atoms with Crippen molar-refractivity contribution in [3.63, 3.8) is 0 Å². The highest BCUT2D eigenvalue weighted by atomic mass is 35.5. The maximum atomic E-state index is 11.1. The number of methoxy groups -OCH3 is 1. The first-order valence-corrected chi connectivity index (χ1v) is 7.66. The van der Waals surface area contributed by atoms with Crippen LogP contribution in [0.1, 0.15) is 24.8 Å². The zero-order valence-corrected chi connectivity index (χ0v) is 13.7. The Morgan fingerprint density at radius 3 is 2.57 bits per heavy atom. The summed E-state index contributed by atoms with van der Waals surface area (Å²) in [5.41, 5.74) is 1.06. The van der Waals surface area contributed by atoms with Crippen LogP contribution in [-0.2, 0) is 16.1 Å². The summed E-state index contributed by atoms with van der Waals surface area (Å²) < 4.78 is 4.63. The molecule has 0 atom stereocenters. The molecule has 6 heteroatoms. The van der Waals surface area contributed by atoms with Crippen LogP contribution in [0.25, 0.3) is 0 Å². The summed E-state index contributed by atoms with van der Waals surface area (Å²) in [4.78, 5) is 13.3. The molecule has 0 unspecified atom stereocenters. The zero-order valence-electron chi connectivity index (χ0n) is 12.1. The summed E-state index contributed by atoms with van der Waals surface area (Å²) in [7, 11) is 1.39. The number of halogens is 2. The maximum Gasteiger partial charge on any atom is 0.305 e. The van der Waals surface area contributed by atoms with Crippen molar-refractivity contribution in [3.05, 3.63) is 33.8 Å². The Hall–Kier alpha value is -0.810. The van der Waals surface area contributed by atoms with Crippen molar-refractivity contribution in [3.8, 4) is 0 Å². The molecule has 4 nitrogen and oxygen atoms in total. The van der Waals surface area contributed by atoms with E-state index in [2.05, 4.69) is 9.64 Å². The first kappa shape index (κ1) is 18.2. The second-order valence-electron chi connectivity index (χ2n) is 4.78. The van der Waals surface area contributed by atoms with Gasteiger partial charge < -0.3 is 9.84 Å². The highest BCUT2D eigenvalue weighted by molar-refractivity contribution is 6.42. The van der Waals surface area contributed by atoms with E-state index in [0.717, 1.165) is 25.1 Å². The van der Waals surface area contributed by atoms with Crippen molar-refractivity contribution >= 4 is 29.2 Å². The van der Waals surface area contributed by atoms with Gasteiger partial charge in [0.25, 0.3) is 0 Å². The summed E-state index contributed by atoms with van der Waals surface area (Å²) in [6, 6.07) is 5.55. The lowest BCUT2D eigenvalue weighted by Crippen LogP contribution is -2.26. The molecule has 0 aromatic heterocycles. The van der Waals surface area contributed by atoms with E-state index in [1.807, 2.05) is 12.1 Å². The van der Waals surface area contributed by atoms with Crippen molar-refractivity contribution in [1.82, 2.24) is 4.90 Å². The number of nitrogens with zero attached hydrogens (tertiary/aromatic N) is 1. The molecule has 0 aliphatic carbocycles. The quantitative estimate of drug-likeness (QED) is 0.705. The largest absolute Gasteiger partial charge is 0.469 e. The number of hydrogen-bond donors (Lipinski definition) is 1. The van der Waals surface area contributed by atoms with Crippen LogP contribution in [0.5, 0.6) is 0 Å². The van der Waals surface area contributed by atoms with Gasteiger partial charge in [-0.15, -0.1) is 0 Å². The molecule has 0 saturated heterocycles. The van der Waals surface area contributed by atoms with Gasteiger partial charge in [0, 0.05) is 26.1 Å². The van der Waals surface area contributed by atoms with E-state index in [4.69, 9.17) is 28.3 Å². The van der Waals surface area contributed by atoms with E-state index in [1.165, 1.54) is 7.11 Å². The third-order valence-corrected chi connectivity index (χ3v) is 3.84. The number of benzene rings is 1. The van der Waals surface area contributed by atoms with Crippen LogP contribution in [0.3, 0.4) is 0 Å². The molecule has 0 amide bonds. The van der Waals surface area contributed by atoms with Gasteiger partial charge >= 0.3 is 5.97 Å². The third kappa shape index (κ3) is 7.14. The summed E-state index contributed by atoms with van der Waals surface area (Å²) in [5.74, 6) is -0.202. The van der Waals surface area contributed by atoms with Gasteiger partial charge in [0.15, 0.2) is 0 Å². The van der Waals surface area contributed by atoms with Crippen LogP contribution in [0.4, 0.5) is 0 Å². The van der Waals surface area contributed by atoms with Gasteiger partial charge in [-0.25, -0.2) is 0 Å². The predicted molar refractivity (Wildman–Crippen MR) is 84.7 cm³/mol. The van der Waals surface area contributed by atoms with Gasteiger partial charge in [-0.05, 0) is 37.1 Å². The number of ether oxygens (including phenoxy) is 1. The van der Waals surface area contributed by atoms with Gasteiger partial charge in [0.2, 0.25) is 0 Å². The first-order valence-electron chi connectivity index (χ1n) is 6.90. The number of aliphatic hydroxyl groups excluding tert-OH is 1. The molecule has 0 radical (unpaired) electrons. The van der Waals surface area contributed by atoms with E-state index in [9.17, 15) is 4.79 Å². The molecule has 0 bridgehead atoms. The molecular formula is C15H21Cl2NO3. The van der Waals surface area contributed by atoms with E-state index >= 15 is 0 Å². The van der Waals surface area contributed by atoms with Crippen LogP contribution in [0.2, 0.25) is 10.0 Å². The molecule has 0 aliphatic heterocycles. The molecule has 21 heavy (non-hydrogen) atoms. The Kier molecular flexibility index (Phi) is 8.69. The summed E-state index contributed by atoms with van der Waals surface area (Å²) >= 11 is 11.9. The van der Waals surface area contributed by atoms with E-state index in [0.29, 0.717) is 29.4 Å². The maximum absolute atomic E-state index is 11.1. The lowest BCUT2D eigenvalue weighted by atomic mass is 10.2. The van der Waals surface area contributed by atoms with Crippen molar-refractivity contribution < 1.29 is 14.6 Å². The Morgan fingerprint density at radius 2 is 1.95 bits per heavy atom. The fourth-order valence-corrected chi connectivity index (χ4v) is 2.33. The molecule has 1 aromatic carbocycles. The highest BCUT2D eigenvalue weighted by Crippen LogP contribution is 2.23. The number of hydrogen-bond acceptors (Lipinski definition) is 4. The van der Waals surface area contributed by atoms with Crippen molar-refractivity contribution in [2.24, 2.45) is 0 Å². The molecule has 1 rings (SSSR count). The zero-order chi connectivity index (χ0) is 15.7. The lowest BCUT2D eigenvalue weighted by molar-refractivity contribution is -0.140. The van der Waals surface area contributed by atoms with Crippen molar-refractivity contribution in [1.29, 1.82) is 0 Å². The van der Waals surface area contributed by atoms with Gasteiger partial charge in [0.1, 0.15) is 0 Å². The van der Waals surface area contributed by atoms with Crippen LogP contribution in [0, 0.1) is 0 Å². The minimum absolute atomic E-state index is 0.148. The number of esters is 1. The molecule has 0 aliphatic rings. The predicted octanol–water partition coefficient (Wildman–Crippen LogP) is 3.13. The topological polar surface area (TPSA) is 49.8 Å². The summed E-state index contributed by atoms with van der Waals surface area (Å²) in [6.45, 7) is 2.38. The molecule has 0 heterocycles. The normalized spacial score (nSPS) is 10.9. The second-order valence-corrected chi connectivity index (χ2v) is 5.60. The summed E-state index contributed by atoms with van der Waals surface area (Å²) in [6.07, 6.45) is 1.81. The number of carbonyl (C=O) groups excluding carboxylic acids is 1. The van der Waals surface area contributed by atoms with Crippen molar-refractivity contribution in [2.75, 3.05) is 26.8 Å². The average Bonchev–Trinajstić information content (AvgIpc) is 2.48. The minimum atomic E-state index is -0.202. The molecule has 1 aromatic rings. The number of rotatable bonds is 9. The Balaban J connectivity index is 2.55. The first-order chi connectivity index (χ1) is 10.1. The molecule has 0 spiro atoms. The lowest BCUT2D eigenvalue weighted by Gasteiger charge is -2.22. The third-order valence-electron chi connectivity index (χ3n) is 3.11. The van der Waals surface area contributed by atoms with Gasteiger partial charge in [0.05, 0.1) is 17.2 Å². The van der Waals surface area contributed by atoms with Gasteiger partial charge in [-0.2, -0.15) is 0 Å². The van der Waals surface area contributed by atoms with Gasteiger partial charge in [-0.3, -0.25) is 9.69 Å². The van der Waals surface area contributed by atoms with E-state index < -0.39 is 0 Å². The number of aliphatic hydroxyl groups is 1. The summed E-state index contributed by atoms with van der Waals surface area (Å²) in [5, 5.41) is 10.0. The standard InChI is InChI=1S/C15H21Cl2NO3/c1-21-15(20)4-2-7-18(8-3-9-19)11-12-5-6-13(16)14(17)10-12/h5-6,10,19H,2-4,7-9,11H2,1H3. The monoisotopic (exact) mass is 333 g/mol. The molecule has 0 saturated carbocycles. The smallest absolute Gasteiger partial charge is 0.305 e. The number of carbonyl (C=O) groups is 1. The second kappa shape index (κ2) is 10.0. The average molecular weight is 334 g/mol. The Labute approximate surface area is 135 Å². The molecule has 0 fully saturated rings. The van der Waals surface area contributed by atoms with Crippen LogP contribution < -0.4 is 0 Å². The fourth-order valence-electron chi connectivity index (χ4n) is 2.01. The van der Waals surface area contributed by atoms with Crippen LogP contribution in [0.15, 0.2) is 18.2 Å². The van der Waals surface area contributed by atoms with Crippen LogP contribution in [-0.4, -0.2) is 42.8 Å². The van der Waals surface area contributed by atoms with E-state index in [1.54, 1.807) is 6.07 Å². The highest BCUT2D eigenvalue weighted by Gasteiger charge is 2.09. The Bertz CT molecular complexity index is 455. The minimum Gasteiger partial charge on any atom is -0.469 e. The van der Waals surface area contributed by atoms with Crippen LogP contribution >= 0.6 is 23.2 Å². The SMILES string of the molecule is COC(=O)CCCN(CCCO)Cc1ccc(Cl)c(Cl)c1. The fraction of sp³-hybridized carbons (Fsp3) is 0.533. The van der Waals surface area contributed by atoms with Crippen molar-refractivity contribution in [2.45, 2.75) is 25.8 Å². The molecular weight excluding hydrogens is 313 g/mol. The Morgan fingerprint density at radius 1 is 1.24 bits per heavy atom. The molecule has 1 N–H and O–H groups in total.